The molecule has 3 nitrogen and oxygen atoms in total. The van der Waals surface area contributed by atoms with Crippen molar-refractivity contribution in [3.63, 3.8) is 0 Å². The van der Waals surface area contributed by atoms with Gasteiger partial charge in [-0.3, -0.25) is 0 Å². The quantitative estimate of drug-likeness (QED) is 0.750. The first-order valence-corrected chi connectivity index (χ1v) is 5.77. The minimum Gasteiger partial charge on any atom is -0.397 e. The van der Waals surface area contributed by atoms with E-state index in [1.54, 1.807) is 0 Å². The highest BCUT2D eigenvalue weighted by molar-refractivity contribution is 5.69. The van der Waals surface area contributed by atoms with Gasteiger partial charge in [-0.25, -0.2) is 0 Å². The highest BCUT2D eigenvalue weighted by atomic mass is 15.1. The zero-order valence-corrected chi connectivity index (χ0v) is 10.7. The van der Waals surface area contributed by atoms with Gasteiger partial charge in [-0.15, -0.1) is 0 Å². The lowest BCUT2D eigenvalue weighted by Crippen LogP contribution is -2.23. The lowest BCUT2D eigenvalue weighted by atomic mass is 10.1. The summed E-state index contributed by atoms with van der Waals surface area (Å²) in [5.74, 6) is 0. The Balaban J connectivity index is 2.56. The molecule has 0 saturated heterocycles. The van der Waals surface area contributed by atoms with Crippen LogP contribution in [0.15, 0.2) is 18.2 Å². The Morgan fingerprint density at radius 1 is 1.38 bits per heavy atom. The van der Waals surface area contributed by atoms with E-state index in [2.05, 4.69) is 31.2 Å². The molecule has 0 saturated carbocycles. The molecule has 0 aliphatic carbocycles. The molecule has 16 heavy (non-hydrogen) atoms. The molecule has 1 aromatic rings. The number of para-hydroxylation sites is 1. The lowest BCUT2D eigenvalue weighted by Gasteiger charge is -2.19. The number of aryl methyl sites for hydroxylation is 1. The van der Waals surface area contributed by atoms with Gasteiger partial charge in [0, 0.05) is 6.04 Å². The molecule has 0 spiro atoms. The number of anilines is 2. The van der Waals surface area contributed by atoms with Gasteiger partial charge >= 0.3 is 0 Å². The van der Waals surface area contributed by atoms with Crippen LogP contribution in [0.25, 0.3) is 0 Å². The van der Waals surface area contributed by atoms with E-state index in [1.165, 1.54) is 0 Å². The van der Waals surface area contributed by atoms with Crippen molar-refractivity contribution >= 4 is 11.4 Å². The second kappa shape index (κ2) is 5.75. The van der Waals surface area contributed by atoms with Gasteiger partial charge in [0.2, 0.25) is 0 Å². The fraction of sp³-hybridized carbons (Fsp3) is 0.538. The summed E-state index contributed by atoms with van der Waals surface area (Å²) in [7, 11) is 4.18. The van der Waals surface area contributed by atoms with E-state index >= 15 is 0 Å². The van der Waals surface area contributed by atoms with Crippen molar-refractivity contribution in [1.29, 1.82) is 0 Å². The average Bonchev–Trinajstić information content (AvgIpc) is 2.22. The minimum atomic E-state index is 0.437. The van der Waals surface area contributed by atoms with Crippen LogP contribution in [-0.2, 0) is 0 Å². The van der Waals surface area contributed by atoms with Crippen LogP contribution in [-0.4, -0.2) is 31.6 Å². The number of hydrogen-bond donors (Lipinski definition) is 2. The molecule has 0 radical (unpaired) electrons. The summed E-state index contributed by atoms with van der Waals surface area (Å²) in [4.78, 5) is 2.19. The maximum Gasteiger partial charge on any atom is 0.0579 e. The zero-order valence-electron chi connectivity index (χ0n) is 10.7. The van der Waals surface area contributed by atoms with Gasteiger partial charge < -0.3 is 16.0 Å². The van der Waals surface area contributed by atoms with Gasteiger partial charge in [-0.05, 0) is 52.5 Å². The molecule has 1 aromatic carbocycles. The van der Waals surface area contributed by atoms with Crippen molar-refractivity contribution in [2.45, 2.75) is 26.3 Å². The Kier molecular flexibility index (Phi) is 4.62. The third kappa shape index (κ3) is 3.74. The molecule has 3 heteroatoms. The minimum absolute atomic E-state index is 0.437. The Morgan fingerprint density at radius 2 is 2.06 bits per heavy atom. The average molecular weight is 221 g/mol. The lowest BCUT2D eigenvalue weighted by molar-refractivity contribution is 0.390. The van der Waals surface area contributed by atoms with Gasteiger partial charge in [0.1, 0.15) is 0 Å². The van der Waals surface area contributed by atoms with Crippen LogP contribution < -0.4 is 11.1 Å². The third-order valence-electron chi connectivity index (χ3n) is 2.74. The summed E-state index contributed by atoms with van der Waals surface area (Å²) in [6, 6.07) is 6.54. The topological polar surface area (TPSA) is 41.3 Å². The van der Waals surface area contributed by atoms with E-state index in [0.717, 1.165) is 29.9 Å². The molecule has 0 amide bonds. The molecule has 0 aliphatic heterocycles. The molecule has 90 valence electrons. The van der Waals surface area contributed by atoms with Gasteiger partial charge in [0.15, 0.2) is 0 Å². The summed E-state index contributed by atoms with van der Waals surface area (Å²) in [6.45, 7) is 5.30. The molecule has 0 aliphatic rings. The van der Waals surface area contributed by atoms with Crippen molar-refractivity contribution in [3.8, 4) is 0 Å². The van der Waals surface area contributed by atoms with Gasteiger partial charge in [0.05, 0.1) is 11.4 Å². The first kappa shape index (κ1) is 12.8. The fourth-order valence-electron chi connectivity index (χ4n) is 1.60. The first-order valence-electron chi connectivity index (χ1n) is 5.77. The van der Waals surface area contributed by atoms with Crippen LogP contribution in [0.3, 0.4) is 0 Å². The smallest absolute Gasteiger partial charge is 0.0579 e. The van der Waals surface area contributed by atoms with Crippen molar-refractivity contribution in [2.24, 2.45) is 0 Å². The molecule has 1 unspecified atom stereocenters. The summed E-state index contributed by atoms with van der Waals surface area (Å²) < 4.78 is 0. The van der Waals surface area contributed by atoms with Crippen molar-refractivity contribution in [1.82, 2.24) is 4.90 Å². The predicted molar refractivity (Wildman–Crippen MR) is 71.8 cm³/mol. The van der Waals surface area contributed by atoms with E-state index < -0.39 is 0 Å². The Morgan fingerprint density at radius 3 is 2.69 bits per heavy atom. The van der Waals surface area contributed by atoms with Crippen LogP contribution in [0.5, 0.6) is 0 Å². The third-order valence-corrected chi connectivity index (χ3v) is 2.74. The van der Waals surface area contributed by atoms with Crippen LogP contribution in [0, 0.1) is 6.92 Å². The molecular formula is C13H23N3. The van der Waals surface area contributed by atoms with Crippen molar-refractivity contribution in [3.05, 3.63) is 23.8 Å². The molecule has 0 fully saturated rings. The van der Waals surface area contributed by atoms with Crippen molar-refractivity contribution in [2.75, 3.05) is 31.7 Å². The normalized spacial score (nSPS) is 12.8. The van der Waals surface area contributed by atoms with Crippen LogP contribution in [0.1, 0.15) is 18.9 Å². The Labute approximate surface area is 98.6 Å². The van der Waals surface area contributed by atoms with Crippen LogP contribution in [0.2, 0.25) is 0 Å². The zero-order chi connectivity index (χ0) is 12.1. The number of hydrogen-bond acceptors (Lipinski definition) is 3. The number of benzene rings is 1. The molecule has 0 heterocycles. The Hall–Kier alpha value is -1.22. The Bertz CT molecular complexity index is 334. The van der Waals surface area contributed by atoms with E-state index in [1.807, 2.05) is 25.1 Å². The summed E-state index contributed by atoms with van der Waals surface area (Å²) in [5.41, 5.74) is 9.05. The number of nitrogens with one attached hydrogen (secondary N) is 1. The van der Waals surface area contributed by atoms with Crippen molar-refractivity contribution < 1.29 is 0 Å². The number of nitrogen functional groups attached to an aromatic ring is 1. The maximum absolute atomic E-state index is 6.01. The second-order valence-electron chi connectivity index (χ2n) is 4.67. The fourth-order valence-corrected chi connectivity index (χ4v) is 1.60. The summed E-state index contributed by atoms with van der Waals surface area (Å²) in [6.07, 6.45) is 1.11. The SMILES string of the molecule is Cc1cccc(NC(C)CCN(C)C)c1N. The predicted octanol–water partition coefficient (Wildman–Crippen LogP) is 2.33. The summed E-state index contributed by atoms with van der Waals surface area (Å²) in [5, 5.41) is 3.45. The highest BCUT2D eigenvalue weighted by Gasteiger charge is 2.06. The highest BCUT2D eigenvalue weighted by Crippen LogP contribution is 2.22. The number of nitrogens with two attached hydrogens (primary N) is 1. The standard InChI is InChI=1S/C13H23N3/c1-10-6-5-7-12(13(10)14)15-11(2)8-9-16(3)4/h5-7,11,15H,8-9,14H2,1-4H3. The monoisotopic (exact) mass is 221 g/mol. The molecule has 1 atom stereocenters. The number of nitrogens with zero attached hydrogens (tertiary/aromatic N) is 1. The summed E-state index contributed by atoms with van der Waals surface area (Å²) >= 11 is 0. The van der Waals surface area contributed by atoms with Gasteiger partial charge in [0.25, 0.3) is 0 Å². The largest absolute Gasteiger partial charge is 0.397 e. The van der Waals surface area contributed by atoms with E-state index in [-0.39, 0.29) is 0 Å². The molecular weight excluding hydrogens is 198 g/mol. The molecule has 0 bridgehead atoms. The number of rotatable bonds is 5. The maximum atomic E-state index is 6.01. The van der Waals surface area contributed by atoms with E-state index in [9.17, 15) is 0 Å². The molecule has 1 rings (SSSR count). The second-order valence-corrected chi connectivity index (χ2v) is 4.67. The van der Waals surface area contributed by atoms with Crippen LogP contribution >= 0.6 is 0 Å². The van der Waals surface area contributed by atoms with Gasteiger partial charge in [-0.2, -0.15) is 0 Å². The molecule has 0 aromatic heterocycles. The van der Waals surface area contributed by atoms with Crippen LogP contribution in [0.4, 0.5) is 11.4 Å². The van der Waals surface area contributed by atoms with E-state index in [4.69, 9.17) is 5.73 Å². The first-order chi connectivity index (χ1) is 7.50. The van der Waals surface area contributed by atoms with E-state index in [0.29, 0.717) is 6.04 Å². The molecule has 3 N–H and O–H groups in total. The van der Waals surface area contributed by atoms with Gasteiger partial charge in [-0.1, -0.05) is 12.1 Å².